The van der Waals surface area contributed by atoms with Gasteiger partial charge in [0.2, 0.25) is 0 Å². The summed E-state index contributed by atoms with van der Waals surface area (Å²) in [5.74, 6) is 0. The van der Waals surface area contributed by atoms with Crippen molar-refractivity contribution < 1.29 is 0 Å². The lowest BCUT2D eigenvalue weighted by Crippen LogP contribution is -2.13. The number of rotatable bonds is 7. The third kappa shape index (κ3) is 4.17. The summed E-state index contributed by atoms with van der Waals surface area (Å²) < 4.78 is 1.89. The molecule has 0 amide bonds. The van der Waals surface area contributed by atoms with Crippen molar-refractivity contribution in [1.29, 1.82) is 0 Å². The first-order valence-corrected chi connectivity index (χ1v) is 6.99. The molecule has 0 radical (unpaired) electrons. The molecule has 4 heteroatoms. The van der Waals surface area contributed by atoms with Gasteiger partial charge < -0.3 is 5.32 Å². The molecule has 0 saturated heterocycles. The fraction of sp³-hybridized carbons (Fsp3) is 0.467. The highest BCUT2D eigenvalue weighted by Crippen LogP contribution is 2.06. The topological polar surface area (TPSA) is 42.7 Å². The van der Waals surface area contributed by atoms with E-state index in [-0.39, 0.29) is 0 Å². The smallest absolute Gasteiger partial charge is 0.0964 e. The predicted molar refractivity (Wildman–Crippen MR) is 76.9 cm³/mol. The molecule has 1 N–H and O–H groups in total. The summed E-state index contributed by atoms with van der Waals surface area (Å²) in [5.41, 5.74) is 3.63. The highest BCUT2D eigenvalue weighted by Gasteiger charge is 2.01. The van der Waals surface area contributed by atoms with Crippen molar-refractivity contribution in [3.05, 3.63) is 47.3 Å². The van der Waals surface area contributed by atoms with Crippen LogP contribution in [0.3, 0.4) is 0 Å². The standard InChI is InChI=1S/C15H22N4/c1-3-9-16-10-15-12-19(18-17-15)11-14-7-5-13(4-2)6-8-14/h5-8,12,16H,3-4,9-11H2,1-2H3. The molecule has 102 valence electrons. The number of nitrogens with one attached hydrogen (secondary N) is 1. The van der Waals surface area contributed by atoms with Gasteiger partial charge >= 0.3 is 0 Å². The number of aromatic nitrogens is 3. The van der Waals surface area contributed by atoms with E-state index < -0.39 is 0 Å². The Morgan fingerprint density at radius 2 is 1.84 bits per heavy atom. The largest absolute Gasteiger partial charge is 0.311 e. The molecule has 0 aliphatic heterocycles. The lowest BCUT2D eigenvalue weighted by atomic mass is 10.1. The fourth-order valence-corrected chi connectivity index (χ4v) is 1.96. The van der Waals surface area contributed by atoms with Crippen molar-refractivity contribution in [2.75, 3.05) is 6.54 Å². The van der Waals surface area contributed by atoms with Crippen molar-refractivity contribution in [1.82, 2.24) is 20.3 Å². The summed E-state index contributed by atoms with van der Waals surface area (Å²) in [6.45, 7) is 6.92. The number of hydrogen-bond donors (Lipinski definition) is 1. The van der Waals surface area contributed by atoms with Crippen LogP contribution in [0.1, 0.15) is 37.1 Å². The highest BCUT2D eigenvalue weighted by molar-refractivity contribution is 5.22. The van der Waals surface area contributed by atoms with Crippen LogP contribution in [0.5, 0.6) is 0 Å². The molecule has 2 rings (SSSR count). The molecule has 1 aromatic heterocycles. The maximum Gasteiger partial charge on any atom is 0.0964 e. The Morgan fingerprint density at radius 1 is 1.11 bits per heavy atom. The summed E-state index contributed by atoms with van der Waals surface area (Å²) in [6, 6.07) is 8.68. The van der Waals surface area contributed by atoms with Gasteiger partial charge in [0.15, 0.2) is 0 Å². The maximum atomic E-state index is 4.17. The second kappa shape index (κ2) is 7.04. The predicted octanol–water partition coefficient (Wildman–Crippen LogP) is 2.39. The molecule has 0 atom stereocenters. The van der Waals surface area contributed by atoms with Gasteiger partial charge in [-0.2, -0.15) is 0 Å². The zero-order valence-corrected chi connectivity index (χ0v) is 11.8. The summed E-state index contributed by atoms with van der Waals surface area (Å²) in [7, 11) is 0. The quantitative estimate of drug-likeness (QED) is 0.775. The van der Waals surface area contributed by atoms with Gasteiger partial charge in [-0.05, 0) is 30.5 Å². The minimum Gasteiger partial charge on any atom is -0.311 e. The Balaban J connectivity index is 1.91. The van der Waals surface area contributed by atoms with Gasteiger partial charge in [0.25, 0.3) is 0 Å². The van der Waals surface area contributed by atoms with Crippen molar-refractivity contribution in [3.63, 3.8) is 0 Å². The normalized spacial score (nSPS) is 10.8. The van der Waals surface area contributed by atoms with Gasteiger partial charge in [0.05, 0.1) is 18.4 Å². The molecular weight excluding hydrogens is 236 g/mol. The van der Waals surface area contributed by atoms with Gasteiger partial charge in [-0.1, -0.05) is 43.3 Å². The van der Waals surface area contributed by atoms with Crippen molar-refractivity contribution in [3.8, 4) is 0 Å². The molecular formula is C15H22N4. The van der Waals surface area contributed by atoms with Crippen LogP contribution in [-0.2, 0) is 19.5 Å². The molecule has 1 heterocycles. The first-order chi connectivity index (χ1) is 9.31. The Labute approximate surface area is 114 Å². The third-order valence-electron chi connectivity index (χ3n) is 3.09. The average Bonchev–Trinajstić information content (AvgIpc) is 2.88. The molecule has 19 heavy (non-hydrogen) atoms. The molecule has 2 aromatic rings. The number of aryl methyl sites for hydroxylation is 1. The van der Waals surface area contributed by atoms with Gasteiger partial charge in [0.1, 0.15) is 0 Å². The first-order valence-electron chi connectivity index (χ1n) is 6.99. The van der Waals surface area contributed by atoms with E-state index in [4.69, 9.17) is 0 Å². The minimum absolute atomic E-state index is 0.783. The van der Waals surface area contributed by atoms with Crippen LogP contribution >= 0.6 is 0 Å². The van der Waals surface area contributed by atoms with Crippen LogP contribution in [0, 0.1) is 0 Å². The SMILES string of the molecule is CCCNCc1cn(Cc2ccc(CC)cc2)nn1. The maximum absolute atomic E-state index is 4.17. The van der Waals surface area contributed by atoms with Gasteiger partial charge in [-0.15, -0.1) is 5.10 Å². The van der Waals surface area contributed by atoms with Crippen LogP contribution in [-0.4, -0.2) is 21.5 Å². The Kier molecular flexibility index (Phi) is 5.10. The molecule has 1 aromatic carbocycles. The van der Waals surface area contributed by atoms with Crippen LogP contribution in [0.4, 0.5) is 0 Å². The second-order valence-electron chi connectivity index (χ2n) is 4.75. The number of benzene rings is 1. The van der Waals surface area contributed by atoms with Gasteiger partial charge in [-0.25, -0.2) is 4.68 Å². The monoisotopic (exact) mass is 258 g/mol. The summed E-state index contributed by atoms with van der Waals surface area (Å²) in [4.78, 5) is 0. The highest BCUT2D eigenvalue weighted by atomic mass is 15.4. The van der Waals surface area contributed by atoms with Crippen LogP contribution in [0.15, 0.2) is 30.5 Å². The zero-order chi connectivity index (χ0) is 13.5. The Morgan fingerprint density at radius 3 is 2.53 bits per heavy atom. The summed E-state index contributed by atoms with van der Waals surface area (Å²) in [5, 5.41) is 11.7. The van der Waals surface area contributed by atoms with E-state index in [0.717, 1.165) is 38.2 Å². The molecule has 0 unspecified atom stereocenters. The molecule has 0 saturated carbocycles. The minimum atomic E-state index is 0.783. The summed E-state index contributed by atoms with van der Waals surface area (Å²) in [6.07, 6.45) is 4.23. The first kappa shape index (κ1) is 13.7. The van der Waals surface area contributed by atoms with E-state index in [2.05, 4.69) is 53.7 Å². The lowest BCUT2D eigenvalue weighted by Gasteiger charge is -2.02. The number of nitrogens with zero attached hydrogens (tertiary/aromatic N) is 3. The molecule has 0 spiro atoms. The zero-order valence-electron chi connectivity index (χ0n) is 11.8. The Bertz CT molecular complexity index is 487. The van der Waals surface area contributed by atoms with E-state index in [1.807, 2.05) is 10.9 Å². The van der Waals surface area contributed by atoms with E-state index in [1.165, 1.54) is 11.1 Å². The molecule has 0 aliphatic carbocycles. The third-order valence-corrected chi connectivity index (χ3v) is 3.09. The van der Waals surface area contributed by atoms with E-state index in [9.17, 15) is 0 Å². The van der Waals surface area contributed by atoms with Crippen LogP contribution in [0.25, 0.3) is 0 Å². The Hall–Kier alpha value is -1.68. The van der Waals surface area contributed by atoms with E-state index >= 15 is 0 Å². The van der Waals surface area contributed by atoms with E-state index in [0.29, 0.717) is 0 Å². The van der Waals surface area contributed by atoms with Crippen molar-refractivity contribution in [2.24, 2.45) is 0 Å². The van der Waals surface area contributed by atoms with Crippen LogP contribution < -0.4 is 5.32 Å². The van der Waals surface area contributed by atoms with Crippen molar-refractivity contribution in [2.45, 2.75) is 39.8 Å². The average molecular weight is 258 g/mol. The second-order valence-corrected chi connectivity index (χ2v) is 4.75. The van der Waals surface area contributed by atoms with Gasteiger partial charge in [0, 0.05) is 6.54 Å². The van der Waals surface area contributed by atoms with Crippen molar-refractivity contribution >= 4 is 0 Å². The molecule has 0 aliphatic rings. The fourth-order valence-electron chi connectivity index (χ4n) is 1.96. The summed E-state index contributed by atoms with van der Waals surface area (Å²) >= 11 is 0. The van der Waals surface area contributed by atoms with Gasteiger partial charge in [-0.3, -0.25) is 0 Å². The van der Waals surface area contributed by atoms with E-state index in [1.54, 1.807) is 0 Å². The number of hydrogen-bond acceptors (Lipinski definition) is 3. The molecule has 4 nitrogen and oxygen atoms in total. The lowest BCUT2D eigenvalue weighted by molar-refractivity contribution is 0.645. The molecule has 0 bridgehead atoms. The molecule has 0 fully saturated rings. The van der Waals surface area contributed by atoms with Crippen LogP contribution in [0.2, 0.25) is 0 Å².